The van der Waals surface area contributed by atoms with Crippen LogP contribution in [0.2, 0.25) is 0 Å². The quantitative estimate of drug-likeness (QED) is 0.599. The number of hydrogen-bond donors (Lipinski definition) is 2. The van der Waals surface area contributed by atoms with Crippen molar-refractivity contribution in [2.45, 2.75) is 6.54 Å². The number of rotatable bonds is 4. The van der Waals surface area contributed by atoms with Gasteiger partial charge in [-0.3, -0.25) is 14.3 Å². The molecule has 0 aliphatic rings. The SMILES string of the molecule is Cn1c(CNC(=O)c2cc3occc3[nH]2)cc(=O)n1-c1ccccc1. The molecule has 0 spiro atoms. The van der Waals surface area contributed by atoms with Crippen molar-refractivity contribution in [2.75, 3.05) is 0 Å². The molecule has 7 heteroatoms. The van der Waals surface area contributed by atoms with Gasteiger partial charge in [0.15, 0.2) is 5.58 Å². The van der Waals surface area contributed by atoms with Crippen LogP contribution < -0.4 is 10.9 Å². The number of hydrogen-bond acceptors (Lipinski definition) is 3. The van der Waals surface area contributed by atoms with Crippen LogP contribution in [0.15, 0.2) is 64.0 Å². The van der Waals surface area contributed by atoms with Gasteiger partial charge in [0.05, 0.1) is 29.7 Å². The molecule has 3 heterocycles. The van der Waals surface area contributed by atoms with Crippen molar-refractivity contribution >= 4 is 17.0 Å². The molecule has 1 aromatic carbocycles. The van der Waals surface area contributed by atoms with Crippen molar-refractivity contribution in [3.63, 3.8) is 0 Å². The second kappa shape index (κ2) is 5.86. The highest BCUT2D eigenvalue weighted by atomic mass is 16.3. The zero-order valence-electron chi connectivity index (χ0n) is 13.5. The number of aromatic amines is 1. The summed E-state index contributed by atoms with van der Waals surface area (Å²) in [6, 6.07) is 14.3. The maximum Gasteiger partial charge on any atom is 0.271 e. The average Bonchev–Trinajstić information content (AvgIpc) is 3.27. The predicted octanol–water partition coefficient (Wildman–Crippen LogP) is 2.18. The first kappa shape index (κ1) is 15.1. The molecular weight excluding hydrogens is 320 g/mol. The number of nitrogens with zero attached hydrogens (tertiary/aromatic N) is 2. The summed E-state index contributed by atoms with van der Waals surface area (Å²) in [7, 11) is 1.79. The highest BCUT2D eigenvalue weighted by Crippen LogP contribution is 2.16. The zero-order valence-corrected chi connectivity index (χ0v) is 13.5. The van der Waals surface area contributed by atoms with E-state index < -0.39 is 0 Å². The van der Waals surface area contributed by atoms with Crippen molar-refractivity contribution in [2.24, 2.45) is 7.05 Å². The van der Waals surface area contributed by atoms with Crippen LogP contribution in [0.3, 0.4) is 0 Å². The van der Waals surface area contributed by atoms with Gasteiger partial charge in [-0.2, -0.15) is 0 Å². The molecule has 2 N–H and O–H groups in total. The minimum absolute atomic E-state index is 0.143. The first-order valence-electron chi connectivity index (χ1n) is 7.81. The first-order valence-corrected chi connectivity index (χ1v) is 7.81. The van der Waals surface area contributed by atoms with E-state index in [2.05, 4.69) is 10.3 Å². The van der Waals surface area contributed by atoms with E-state index in [1.54, 1.807) is 34.8 Å². The lowest BCUT2D eigenvalue weighted by Crippen LogP contribution is -2.25. The van der Waals surface area contributed by atoms with Gasteiger partial charge in [-0.15, -0.1) is 0 Å². The molecule has 3 aromatic heterocycles. The Bertz CT molecular complexity index is 1070. The van der Waals surface area contributed by atoms with E-state index in [4.69, 9.17) is 4.42 Å². The van der Waals surface area contributed by atoms with Gasteiger partial charge in [-0.1, -0.05) is 18.2 Å². The van der Waals surface area contributed by atoms with E-state index >= 15 is 0 Å². The van der Waals surface area contributed by atoms with Gasteiger partial charge in [0, 0.05) is 25.2 Å². The van der Waals surface area contributed by atoms with E-state index in [9.17, 15) is 9.59 Å². The summed E-state index contributed by atoms with van der Waals surface area (Å²) in [4.78, 5) is 27.5. The highest BCUT2D eigenvalue weighted by Gasteiger charge is 2.14. The average molecular weight is 336 g/mol. The molecule has 0 bridgehead atoms. The summed E-state index contributed by atoms with van der Waals surface area (Å²) < 4.78 is 8.53. The maximum atomic E-state index is 12.3. The number of carbonyl (C=O) groups excluding carboxylic acids is 1. The maximum absolute atomic E-state index is 12.3. The molecule has 0 fully saturated rings. The third-order valence-electron chi connectivity index (χ3n) is 4.13. The minimum Gasteiger partial charge on any atom is -0.463 e. The Balaban J connectivity index is 1.54. The summed E-state index contributed by atoms with van der Waals surface area (Å²) in [5.74, 6) is -0.258. The predicted molar refractivity (Wildman–Crippen MR) is 92.7 cm³/mol. The van der Waals surface area contributed by atoms with Gasteiger partial charge in [-0.05, 0) is 12.1 Å². The molecule has 1 amide bonds. The van der Waals surface area contributed by atoms with Crippen LogP contribution in [0.5, 0.6) is 0 Å². The monoisotopic (exact) mass is 336 g/mol. The van der Waals surface area contributed by atoms with E-state index in [0.29, 0.717) is 17.0 Å². The van der Waals surface area contributed by atoms with E-state index in [1.165, 1.54) is 6.07 Å². The molecule has 0 atom stereocenters. The number of nitrogens with one attached hydrogen (secondary N) is 2. The van der Waals surface area contributed by atoms with Crippen LogP contribution in [0.1, 0.15) is 16.2 Å². The molecule has 126 valence electrons. The van der Waals surface area contributed by atoms with Crippen LogP contribution in [0.25, 0.3) is 16.8 Å². The zero-order chi connectivity index (χ0) is 17.4. The van der Waals surface area contributed by atoms with Gasteiger partial charge in [0.25, 0.3) is 11.5 Å². The van der Waals surface area contributed by atoms with E-state index in [1.807, 2.05) is 30.3 Å². The van der Waals surface area contributed by atoms with Crippen molar-refractivity contribution in [1.29, 1.82) is 0 Å². The van der Waals surface area contributed by atoms with Crippen molar-refractivity contribution in [3.8, 4) is 5.69 Å². The lowest BCUT2D eigenvalue weighted by atomic mass is 10.3. The largest absolute Gasteiger partial charge is 0.463 e. The second-order valence-corrected chi connectivity index (χ2v) is 5.71. The van der Waals surface area contributed by atoms with E-state index in [-0.39, 0.29) is 18.0 Å². The number of amides is 1. The van der Waals surface area contributed by atoms with Gasteiger partial charge in [-0.25, -0.2) is 4.68 Å². The number of aromatic nitrogens is 3. The van der Waals surface area contributed by atoms with Gasteiger partial charge in [0.2, 0.25) is 0 Å². The third-order valence-corrected chi connectivity index (χ3v) is 4.13. The Morgan fingerprint density at radius 1 is 1.20 bits per heavy atom. The van der Waals surface area contributed by atoms with Gasteiger partial charge < -0.3 is 14.7 Å². The van der Waals surface area contributed by atoms with Crippen LogP contribution in [0, 0.1) is 0 Å². The molecule has 4 aromatic rings. The number of furan rings is 1. The number of fused-ring (bicyclic) bond motifs is 1. The summed E-state index contributed by atoms with van der Waals surface area (Å²) >= 11 is 0. The van der Waals surface area contributed by atoms with Gasteiger partial charge >= 0.3 is 0 Å². The van der Waals surface area contributed by atoms with Crippen LogP contribution >= 0.6 is 0 Å². The topological polar surface area (TPSA) is 85.0 Å². The lowest BCUT2D eigenvalue weighted by Gasteiger charge is -2.10. The minimum atomic E-state index is -0.258. The third kappa shape index (κ3) is 2.65. The smallest absolute Gasteiger partial charge is 0.271 e. The second-order valence-electron chi connectivity index (χ2n) is 5.71. The molecule has 0 saturated heterocycles. The highest BCUT2D eigenvalue weighted by molar-refractivity contribution is 5.96. The Hall–Kier alpha value is -3.48. The van der Waals surface area contributed by atoms with Crippen LogP contribution in [-0.4, -0.2) is 20.3 Å². The fourth-order valence-electron chi connectivity index (χ4n) is 2.85. The molecule has 7 nitrogen and oxygen atoms in total. The summed E-state index contributed by atoms with van der Waals surface area (Å²) in [5.41, 5.74) is 3.16. The number of benzene rings is 1. The fourth-order valence-corrected chi connectivity index (χ4v) is 2.85. The van der Waals surface area contributed by atoms with Crippen molar-refractivity contribution < 1.29 is 9.21 Å². The fraction of sp³-hybridized carbons (Fsp3) is 0.111. The number of para-hydroxylation sites is 1. The molecule has 0 unspecified atom stereocenters. The molecule has 25 heavy (non-hydrogen) atoms. The Kier molecular flexibility index (Phi) is 3.53. The molecule has 0 radical (unpaired) electrons. The van der Waals surface area contributed by atoms with Crippen LogP contribution in [-0.2, 0) is 13.6 Å². The first-order chi connectivity index (χ1) is 12.1. The Morgan fingerprint density at radius 2 is 2.00 bits per heavy atom. The Morgan fingerprint density at radius 3 is 2.76 bits per heavy atom. The summed E-state index contributed by atoms with van der Waals surface area (Å²) in [6.45, 7) is 0.241. The molecule has 0 aliphatic carbocycles. The lowest BCUT2D eigenvalue weighted by molar-refractivity contribution is 0.0945. The molecule has 0 saturated carbocycles. The van der Waals surface area contributed by atoms with Crippen molar-refractivity contribution in [3.05, 3.63) is 76.5 Å². The molecule has 0 aliphatic heterocycles. The molecule has 4 rings (SSSR count). The normalized spacial score (nSPS) is 11.1. The number of carbonyl (C=O) groups is 1. The van der Waals surface area contributed by atoms with Gasteiger partial charge in [0.1, 0.15) is 5.69 Å². The number of H-pyrrole nitrogens is 1. The van der Waals surface area contributed by atoms with Crippen LogP contribution in [0.4, 0.5) is 0 Å². The summed E-state index contributed by atoms with van der Waals surface area (Å²) in [6.07, 6.45) is 1.56. The molecular formula is C18H16N4O3. The van der Waals surface area contributed by atoms with Crippen molar-refractivity contribution in [1.82, 2.24) is 19.7 Å². The standard InChI is InChI=1S/C18H16N4O3/c1-21-13(9-17(23)22(21)12-5-3-2-4-6-12)11-19-18(24)15-10-16-14(20-15)7-8-25-16/h2-10,20H,11H2,1H3,(H,19,24). The summed E-state index contributed by atoms with van der Waals surface area (Å²) in [5, 5.41) is 2.81. The van der Waals surface area contributed by atoms with E-state index in [0.717, 1.165) is 11.2 Å². The Labute approximate surface area is 142 Å².